The Morgan fingerprint density at radius 3 is 2.57 bits per heavy atom. The Morgan fingerprint density at radius 2 is 1.86 bits per heavy atom. The smallest absolute Gasteiger partial charge is 0.0433 e. The van der Waals surface area contributed by atoms with Crippen molar-refractivity contribution in [3.63, 3.8) is 0 Å². The first-order chi connectivity index (χ1) is 6.93. The van der Waals surface area contributed by atoms with Crippen molar-refractivity contribution < 1.29 is 5.11 Å². The number of aliphatic hydroxyl groups excluding tert-OH is 1. The van der Waals surface area contributed by atoms with E-state index in [1.165, 1.54) is 5.56 Å². The first-order valence-corrected chi connectivity index (χ1v) is 4.92. The summed E-state index contributed by atoms with van der Waals surface area (Å²) in [4.78, 5) is 0. The molecule has 0 aliphatic heterocycles. The molecule has 1 nitrogen and oxygen atoms in total. The van der Waals surface area contributed by atoms with Crippen LogP contribution in [0.15, 0.2) is 48.6 Å². The molecule has 0 saturated carbocycles. The van der Waals surface area contributed by atoms with Crippen LogP contribution < -0.4 is 0 Å². The van der Waals surface area contributed by atoms with Crippen molar-refractivity contribution in [3.05, 3.63) is 54.1 Å². The topological polar surface area (TPSA) is 20.2 Å². The molecule has 0 aliphatic carbocycles. The van der Waals surface area contributed by atoms with Gasteiger partial charge in [-0.1, -0.05) is 54.6 Å². The highest BCUT2D eigenvalue weighted by atomic mass is 16.2. The van der Waals surface area contributed by atoms with Crippen molar-refractivity contribution in [2.45, 2.75) is 12.8 Å². The van der Waals surface area contributed by atoms with Gasteiger partial charge in [0.25, 0.3) is 0 Å². The van der Waals surface area contributed by atoms with Crippen LogP contribution in [0.5, 0.6) is 0 Å². The lowest BCUT2D eigenvalue weighted by Crippen LogP contribution is -1.77. The molecule has 1 N–H and O–H groups in total. The van der Waals surface area contributed by atoms with Crippen LogP contribution in [0, 0.1) is 0 Å². The van der Waals surface area contributed by atoms with E-state index in [1.54, 1.807) is 0 Å². The molecule has 0 radical (unpaired) electrons. The maximum atomic E-state index is 8.55. The van der Waals surface area contributed by atoms with E-state index in [0.717, 1.165) is 12.8 Å². The van der Waals surface area contributed by atoms with Gasteiger partial charge < -0.3 is 5.11 Å². The molecule has 0 bridgehead atoms. The summed E-state index contributed by atoms with van der Waals surface area (Å²) < 4.78 is 0. The molecule has 1 aromatic carbocycles. The zero-order valence-electron chi connectivity index (χ0n) is 8.26. The lowest BCUT2D eigenvalue weighted by molar-refractivity contribution is 0.289. The van der Waals surface area contributed by atoms with E-state index >= 15 is 0 Å². The second-order valence-electron chi connectivity index (χ2n) is 3.06. The van der Waals surface area contributed by atoms with Crippen molar-refractivity contribution in [3.8, 4) is 0 Å². The molecule has 0 aliphatic rings. The lowest BCUT2D eigenvalue weighted by atomic mass is 10.2. The highest BCUT2D eigenvalue weighted by molar-refractivity contribution is 5.50. The molecule has 0 heterocycles. The van der Waals surface area contributed by atoms with Gasteiger partial charge in [-0.3, -0.25) is 0 Å². The van der Waals surface area contributed by atoms with E-state index in [1.807, 2.05) is 30.4 Å². The maximum absolute atomic E-state index is 8.55. The molecular weight excluding hydrogens is 172 g/mol. The monoisotopic (exact) mass is 188 g/mol. The van der Waals surface area contributed by atoms with E-state index < -0.39 is 0 Å². The van der Waals surface area contributed by atoms with Gasteiger partial charge >= 0.3 is 0 Å². The first kappa shape index (κ1) is 10.7. The minimum atomic E-state index is 0.271. The number of benzene rings is 1. The van der Waals surface area contributed by atoms with E-state index in [4.69, 9.17) is 5.11 Å². The van der Waals surface area contributed by atoms with Crippen LogP contribution in [-0.4, -0.2) is 11.7 Å². The zero-order chi connectivity index (χ0) is 10.1. The summed E-state index contributed by atoms with van der Waals surface area (Å²) in [6, 6.07) is 10.2. The normalized spacial score (nSPS) is 11.5. The highest BCUT2D eigenvalue weighted by Gasteiger charge is 1.80. The zero-order valence-corrected chi connectivity index (χ0v) is 8.26. The van der Waals surface area contributed by atoms with E-state index in [9.17, 15) is 0 Å². The highest BCUT2D eigenvalue weighted by Crippen LogP contribution is 2.01. The van der Waals surface area contributed by atoms with Crippen molar-refractivity contribution >= 4 is 6.08 Å². The minimum absolute atomic E-state index is 0.271. The third-order valence-corrected chi connectivity index (χ3v) is 1.86. The minimum Gasteiger partial charge on any atom is -0.396 e. The summed E-state index contributed by atoms with van der Waals surface area (Å²) in [7, 11) is 0. The molecule has 0 atom stereocenters. The van der Waals surface area contributed by atoms with Crippen LogP contribution in [-0.2, 0) is 0 Å². The fourth-order valence-corrected chi connectivity index (χ4v) is 1.11. The third kappa shape index (κ3) is 4.63. The van der Waals surface area contributed by atoms with Crippen molar-refractivity contribution in [1.82, 2.24) is 0 Å². The molecule has 0 amide bonds. The molecule has 1 heteroatoms. The van der Waals surface area contributed by atoms with Crippen molar-refractivity contribution in [2.24, 2.45) is 0 Å². The Bertz CT molecular complexity index is 285. The molecule has 74 valence electrons. The SMILES string of the molecule is OCCC/C=C/C=C/c1ccccc1. The Labute approximate surface area is 85.4 Å². The van der Waals surface area contributed by atoms with E-state index in [2.05, 4.69) is 24.3 Å². The van der Waals surface area contributed by atoms with Gasteiger partial charge in [-0.05, 0) is 18.4 Å². The van der Waals surface area contributed by atoms with Crippen LogP contribution in [0.3, 0.4) is 0 Å². The van der Waals surface area contributed by atoms with Gasteiger partial charge in [0.2, 0.25) is 0 Å². The molecule has 1 rings (SSSR count). The van der Waals surface area contributed by atoms with Crippen molar-refractivity contribution in [2.75, 3.05) is 6.61 Å². The van der Waals surface area contributed by atoms with Gasteiger partial charge in [-0.25, -0.2) is 0 Å². The molecular formula is C13H16O. The number of unbranched alkanes of at least 4 members (excludes halogenated alkanes) is 1. The molecule has 0 aromatic heterocycles. The number of hydrogen-bond acceptors (Lipinski definition) is 1. The molecule has 14 heavy (non-hydrogen) atoms. The predicted molar refractivity (Wildman–Crippen MR) is 60.9 cm³/mol. The van der Waals surface area contributed by atoms with Gasteiger partial charge in [0.1, 0.15) is 0 Å². The Morgan fingerprint density at radius 1 is 1.07 bits per heavy atom. The quantitative estimate of drug-likeness (QED) is 0.556. The summed E-state index contributed by atoms with van der Waals surface area (Å²) in [5, 5.41) is 8.55. The first-order valence-electron chi connectivity index (χ1n) is 4.92. The number of hydrogen-bond donors (Lipinski definition) is 1. The van der Waals surface area contributed by atoms with Crippen molar-refractivity contribution in [1.29, 1.82) is 0 Å². The van der Waals surface area contributed by atoms with Crippen LogP contribution >= 0.6 is 0 Å². The van der Waals surface area contributed by atoms with Crippen LogP contribution in [0.1, 0.15) is 18.4 Å². The van der Waals surface area contributed by atoms with Gasteiger partial charge in [0.15, 0.2) is 0 Å². The summed E-state index contributed by atoms with van der Waals surface area (Å²) in [5.41, 5.74) is 1.21. The average Bonchev–Trinajstić information content (AvgIpc) is 2.25. The molecule has 0 unspecified atom stereocenters. The van der Waals surface area contributed by atoms with Gasteiger partial charge in [-0.15, -0.1) is 0 Å². The lowest BCUT2D eigenvalue weighted by Gasteiger charge is -1.89. The predicted octanol–water partition coefficient (Wildman–Crippen LogP) is 3.03. The maximum Gasteiger partial charge on any atom is 0.0433 e. The fraction of sp³-hybridized carbons (Fsp3) is 0.231. The van der Waals surface area contributed by atoms with Gasteiger partial charge in [0, 0.05) is 6.61 Å². The van der Waals surface area contributed by atoms with Crippen LogP contribution in [0.4, 0.5) is 0 Å². The summed E-state index contributed by atoms with van der Waals surface area (Å²) in [5.74, 6) is 0. The number of aliphatic hydroxyl groups is 1. The third-order valence-electron chi connectivity index (χ3n) is 1.86. The Balaban J connectivity index is 2.31. The molecule has 1 aromatic rings. The van der Waals surface area contributed by atoms with E-state index in [-0.39, 0.29) is 6.61 Å². The van der Waals surface area contributed by atoms with Crippen LogP contribution in [0.2, 0.25) is 0 Å². The Hall–Kier alpha value is -1.34. The van der Waals surface area contributed by atoms with Crippen LogP contribution in [0.25, 0.3) is 6.08 Å². The molecule has 0 saturated heterocycles. The van der Waals surface area contributed by atoms with Gasteiger partial charge in [-0.2, -0.15) is 0 Å². The van der Waals surface area contributed by atoms with Gasteiger partial charge in [0.05, 0.1) is 0 Å². The Kier molecular flexibility index (Phi) is 5.45. The average molecular weight is 188 g/mol. The molecule has 0 fully saturated rings. The van der Waals surface area contributed by atoms with E-state index in [0.29, 0.717) is 0 Å². The number of allylic oxidation sites excluding steroid dienone is 3. The number of rotatable bonds is 5. The molecule has 0 spiro atoms. The fourth-order valence-electron chi connectivity index (χ4n) is 1.11. The standard InChI is InChI=1S/C13H16O/c14-12-8-3-1-2-5-9-13-10-6-4-7-11-13/h1-2,4-7,9-11,14H,3,8,12H2/b2-1+,9-5+. The summed E-state index contributed by atoms with van der Waals surface area (Å²) in [6.45, 7) is 0.271. The second-order valence-corrected chi connectivity index (χ2v) is 3.06. The largest absolute Gasteiger partial charge is 0.396 e. The second kappa shape index (κ2) is 7.10. The summed E-state index contributed by atoms with van der Waals surface area (Å²) in [6.07, 6.45) is 9.95. The summed E-state index contributed by atoms with van der Waals surface area (Å²) >= 11 is 0.